The maximum atomic E-state index is 12.0. The predicted octanol–water partition coefficient (Wildman–Crippen LogP) is 0.540. The average molecular weight is 254 g/mol. The quantitative estimate of drug-likeness (QED) is 0.799. The van der Waals surface area contributed by atoms with E-state index in [-0.39, 0.29) is 23.8 Å². The van der Waals surface area contributed by atoms with Crippen LogP contribution in [0.2, 0.25) is 0 Å². The number of rotatable bonds is 3. The fourth-order valence-electron chi connectivity index (χ4n) is 2.64. The molecular formula is C13H22N2O3. The van der Waals surface area contributed by atoms with Crippen molar-refractivity contribution in [3.8, 4) is 0 Å². The molecule has 0 aromatic carbocycles. The summed E-state index contributed by atoms with van der Waals surface area (Å²) in [6.07, 6.45) is 4.09. The highest BCUT2D eigenvalue weighted by atomic mass is 16.5. The molecule has 0 saturated carbocycles. The van der Waals surface area contributed by atoms with E-state index >= 15 is 0 Å². The van der Waals surface area contributed by atoms with Crippen molar-refractivity contribution in [3.63, 3.8) is 0 Å². The van der Waals surface area contributed by atoms with Gasteiger partial charge < -0.3 is 15.0 Å². The monoisotopic (exact) mass is 254 g/mol. The Morgan fingerprint density at radius 3 is 2.83 bits per heavy atom. The number of carbonyl (C=O) groups is 2. The Morgan fingerprint density at radius 1 is 1.33 bits per heavy atom. The van der Waals surface area contributed by atoms with Crippen LogP contribution < -0.4 is 5.32 Å². The van der Waals surface area contributed by atoms with Gasteiger partial charge in [0.25, 0.3) is 0 Å². The first-order valence-corrected chi connectivity index (χ1v) is 6.81. The van der Waals surface area contributed by atoms with Crippen LogP contribution in [0.25, 0.3) is 0 Å². The van der Waals surface area contributed by atoms with Crippen LogP contribution in [0.1, 0.15) is 32.6 Å². The third-order valence-electron chi connectivity index (χ3n) is 3.77. The van der Waals surface area contributed by atoms with Crippen molar-refractivity contribution in [2.45, 2.75) is 38.7 Å². The van der Waals surface area contributed by atoms with Crippen LogP contribution in [-0.2, 0) is 14.3 Å². The minimum absolute atomic E-state index is 0.0518. The number of nitrogens with one attached hydrogen (secondary N) is 1. The molecule has 2 heterocycles. The number of hydrogen-bond donors (Lipinski definition) is 1. The SMILES string of the molecule is CC(=O)N1CCCC(C(=O)NCC2CCCO2)C1. The van der Waals surface area contributed by atoms with Crippen molar-refractivity contribution < 1.29 is 14.3 Å². The zero-order valence-corrected chi connectivity index (χ0v) is 11.0. The summed E-state index contributed by atoms with van der Waals surface area (Å²) in [7, 11) is 0. The van der Waals surface area contributed by atoms with E-state index in [9.17, 15) is 9.59 Å². The lowest BCUT2D eigenvalue weighted by Crippen LogP contribution is -2.45. The molecule has 1 N–H and O–H groups in total. The molecule has 0 bridgehead atoms. The van der Waals surface area contributed by atoms with Crippen molar-refractivity contribution >= 4 is 11.8 Å². The highest BCUT2D eigenvalue weighted by molar-refractivity contribution is 5.80. The summed E-state index contributed by atoms with van der Waals surface area (Å²) >= 11 is 0. The number of piperidine rings is 1. The van der Waals surface area contributed by atoms with Gasteiger partial charge in [-0.2, -0.15) is 0 Å². The lowest BCUT2D eigenvalue weighted by atomic mass is 9.97. The molecule has 0 spiro atoms. The van der Waals surface area contributed by atoms with Crippen LogP contribution in [-0.4, -0.2) is 49.1 Å². The third-order valence-corrected chi connectivity index (χ3v) is 3.77. The van der Waals surface area contributed by atoms with E-state index in [4.69, 9.17) is 4.74 Å². The smallest absolute Gasteiger partial charge is 0.224 e. The molecule has 2 fully saturated rings. The Balaban J connectivity index is 1.75. The Morgan fingerprint density at radius 2 is 2.17 bits per heavy atom. The van der Waals surface area contributed by atoms with Gasteiger partial charge in [-0.05, 0) is 25.7 Å². The summed E-state index contributed by atoms with van der Waals surface area (Å²) in [5.74, 6) is 0.0760. The number of amides is 2. The standard InChI is InChI=1S/C13H22N2O3/c1-10(16)15-6-2-4-11(9-15)13(17)14-8-12-5-3-7-18-12/h11-12H,2-9H2,1H3,(H,14,17). The van der Waals surface area contributed by atoms with Gasteiger partial charge in [-0.15, -0.1) is 0 Å². The van der Waals surface area contributed by atoms with Crippen molar-refractivity contribution in [1.29, 1.82) is 0 Å². The van der Waals surface area contributed by atoms with E-state index in [0.29, 0.717) is 13.1 Å². The van der Waals surface area contributed by atoms with Crippen LogP contribution in [0.4, 0.5) is 0 Å². The summed E-state index contributed by atoms with van der Waals surface area (Å²) in [5.41, 5.74) is 0. The van der Waals surface area contributed by atoms with Gasteiger partial charge in [0.05, 0.1) is 12.0 Å². The lowest BCUT2D eigenvalue weighted by molar-refractivity contribution is -0.134. The molecule has 102 valence electrons. The van der Waals surface area contributed by atoms with Crippen LogP contribution in [0.5, 0.6) is 0 Å². The number of hydrogen-bond acceptors (Lipinski definition) is 3. The Kier molecular flexibility index (Phi) is 4.58. The van der Waals surface area contributed by atoms with E-state index in [1.165, 1.54) is 0 Å². The van der Waals surface area contributed by atoms with E-state index in [0.717, 1.165) is 38.8 Å². The molecule has 0 aliphatic carbocycles. The van der Waals surface area contributed by atoms with Crippen LogP contribution in [0.3, 0.4) is 0 Å². The van der Waals surface area contributed by atoms with E-state index in [2.05, 4.69) is 5.32 Å². The fraction of sp³-hybridized carbons (Fsp3) is 0.846. The topological polar surface area (TPSA) is 58.6 Å². The van der Waals surface area contributed by atoms with Crippen molar-refractivity contribution in [2.75, 3.05) is 26.2 Å². The van der Waals surface area contributed by atoms with Gasteiger partial charge in [-0.1, -0.05) is 0 Å². The van der Waals surface area contributed by atoms with Gasteiger partial charge in [0.15, 0.2) is 0 Å². The Bertz CT molecular complexity index is 313. The molecule has 0 radical (unpaired) electrons. The van der Waals surface area contributed by atoms with Gasteiger partial charge in [0.1, 0.15) is 0 Å². The molecule has 0 aromatic heterocycles. The normalized spacial score (nSPS) is 28.2. The first-order chi connectivity index (χ1) is 8.66. The second kappa shape index (κ2) is 6.18. The first kappa shape index (κ1) is 13.3. The number of ether oxygens (including phenoxy) is 1. The Hall–Kier alpha value is -1.10. The summed E-state index contributed by atoms with van der Waals surface area (Å²) < 4.78 is 5.47. The highest BCUT2D eigenvalue weighted by Gasteiger charge is 2.27. The molecule has 18 heavy (non-hydrogen) atoms. The van der Waals surface area contributed by atoms with Gasteiger partial charge >= 0.3 is 0 Å². The summed E-state index contributed by atoms with van der Waals surface area (Å²) in [6.45, 7) is 4.32. The van der Waals surface area contributed by atoms with Crippen LogP contribution >= 0.6 is 0 Å². The first-order valence-electron chi connectivity index (χ1n) is 6.81. The molecule has 2 rings (SSSR count). The minimum atomic E-state index is -0.0518. The van der Waals surface area contributed by atoms with E-state index in [1.807, 2.05) is 0 Å². The lowest BCUT2D eigenvalue weighted by Gasteiger charge is -2.31. The molecule has 2 aliphatic heterocycles. The third kappa shape index (κ3) is 3.45. The molecule has 2 unspecified atom stereocenters. The maximum Gasteiger partial charge on any atom is 0.224 e. The van der Waals surface area contributed by atoms with Crippen LogP contribution in [0, 0.1) is 5.92 Å². The zero-order chi connectivity index (χ0) is 13.0. The number of carbonyl (C=O) groups excluding carboxylic acids is 2. The summed E-state index contributed by atoms with van der Waals surface area (Å²) in [4.78, 5) is 25.1. The molecule has 2 atom stereocenters. The van der Waals surface area contributed by atoms with Crippen molar-refractivity contribution in [1.82, 2.24) is 10.2 Å². The molecule has 2 saturated heterocycles. The van der Waals surface area contributed by atoms with Crippen LogP contribution in [0.15, 0.2) is 0 Å². The van der Waals surface area contributed by atoms with Gasteiger partial charge in [-0.25, -0.2) is 0 Å². The number of likely N-dealkylation sites (tertiary alicyclic amines) is 1. The van der Waals surface area contributed by atoms with Gasteiger partial charge in [0.2, 0.25) is 11.8 Å². The zero-order valence-electron chi connectivity index (χ0n) is 11.0. The largest absolute Gasteiger partial charge is 0.376 e. The number of nitrogens with zero attached hydrogens (tertiary/aromatic N) is 1. The molecule has 0 aromatic rings. The minimum Gasteiger partial charge on any atom is -0.376 e. The predicted molar refractivity (Wildman–Crippen MR) is 67.0 cm³/mol. The molecule has 2 amide bonds. The summed E-state index contributed by atoms with van der Waals surface area (Å²) in [6, 6.07) is 0. The second-order valence-corrected chi connectivity index (χ2v) is 5.18. The van der Waals surface area contributed by atoms with Crippen molar-refractivity contribution in [3.05, 3.63) is 0 Å². The van der Waals surface area contributed by atoms with E-state index < -0.39 is 0 Å². The fourth-order valence-corrected chi connectivity index (χ4v) is 2.64. The van der Waals surface area contributed by atoms with Gasteiger partial charge in [-0.3, -0.25) is 9.59 Å². The summed E-state index contributed by atoms with van der Waals surface area (Å²) in [5, 5.41) is 2.95. The Labute approximate surface area is 108 Å². The van der Waals surface area contributed by atoms with E-state index in [1.54, 1.807) is 11.8 Å². The molecular weight excluding hydrogens is 232 g/mol. The average Bonchev–Trinajstić information content (AvgIpc) is 2.89. The highest BCUT2D eigenvalue weighted by Crippen LogP contribution is 2.17. The molecule has 5 nitrogen and oxygen atoms in total. The second-order valence-electron chi connectivity index (χ2n) is 5.18. The van der Waals surface area contributed by atoms with Gasteiger partial charge in [0, 0.05) is 33.2 Å². The molecule has 5 heteroatoms. The van der Waals surface area contributed by atoms with Crippen molar-refractivity contribution in [2.24, 2.45) is 5.92 Å². The molecule has 2 aliphatic rings. The maximum absolute atomic E-state index is 12.0.